The maximum absolute atomic E-state index is 12.9. The smallest absolute Gasteiger partial charge is 0.206 e. The molecule has 116 valence electrons. The second-order valence-electron chi connectivity index (χ2n) is 5.67. The Bertz CT molecular complexity index is 751. The van der Waals surface area contributed by atoms with Gasteiger partial charge in [-0.2, -0.15) is 0 Å². The van der Waals surface area contributed by atoms with E-state index in [-0.39, 0.29) is 0 Å². The zero-order valence-electron chi connectivity index (χ0n) is 12.4. The molecule has 3 rings (SSSR count). The van der Waals surface area contributed by atoms with Crippen LogP contribution in [0.3, 0.4) is 0 Å². The van der Waals surface area contributed by atoms with Crippen LogP contribution in [0.15, 0.2) is 58.3 Å². The minimum atomic E-state index is -3.51. The Morgan fingerprint density at radius 2 is 1.68 bits per heavy atom. The van der Waals surface area contributed by atoms with Crippen LogP contribution in [-0.2, 0) is 16.4 Å². The highest BCUT2D eigenvalue weighted by atomic mass is 32.2. The standard InChI is InChI=1S/C17H20N2O2S/c18-15-8-9-17(14(12-15)13-19-10-4-5-11-19)22(20,21)16-6-2-1-3-7-16/h1-3,6-9,12H,4-5,10-11,13,18H2. The van der Waals surface area contributed by atoms with Crippen LogP contribution in [0.2, 0.25) is 0 Å². The first-order valence-electron chi connectivity index (χ1n) is 7.48. The molecule has 0 bridgehead atoms. The van der Waals surface area contributed by atoms with Crippen LogP contribution >= 0.6 is 0 Å². The zero-order valence-corrected chi connectivity index (χ0v) is 13.2. The summed E-state index contributed by atoms with van der Waals surface area (Å²) in [5, 5.41) is 0. The minimum absolute atomic E-state index is 0.322. The van der Waals surface area contributed by atoms with Gasteiger partial charge in [0.05, 0.1) is 9.79 Å². The minimum Gasteiger partial charge on any atom is -0.399 e. The Kier molecular flexibility index (Phi) is 4.18. The van der Waals surface area contributed by atoms with E-state index >= 15 is 0 Å². The molecule has 2 aromatic carbocycles. The van der Waals surface area contributed by atoms with Crippen molar-refractivity contribution in [2.24, 2.45) is 0 Å². The Balaban J connectivity index is 2.02. The number of nitrogens with zero attached hydrogens (tertiary/aromatic N) is 1. The predicted octanol–water partition coefficient (Wildman–Crippen LogP) is 2.70. The van der Waals surface area contributed by atoms with Gasteiger partial charge in [-0.05, 0) is 61.8 Å². The van der Waals surface area contributed by atoms with E-state index in [0.29, 0.717) is 22.0 Å². The molecule has 1 fully saturated rings. The van der Waals surface area contributed by atoms with Gasteiger partial charge in [0.1, 0.15) is 0 Å². The van der Waals surface area contributed by atoms with Gasteiger partial charge >= 0.3 is 0 Å². The fraction of sp³-hybridized carbons (Fsp3) is 0.294. The van der Waals surface area contributed by atoms with Crippen LogP contribution in [0, 0.1) is 0 Å². The number of likely N-dealkylation sites (tertiary alicyclic amines) is 1. The van der Waals surface area contributed by atoms with Crippen LogP contribution in [-0.4, -0.2) is 26.4 Å². The Morgan fingerprint density at radius 1 is 1.00 bits per heavy atom. The number of hydrogen-bond acceptors (Lipinski definition) is 4. The van der Waals surface area contributed by atoms with Crippen molar-refractivity contribution < 1.29 is 8.42 Å². The summed E-state index contributed by atoms with van der Waals surface area (Å²) in [6.07, 6.45) is 2.34. The van der Waals surface area contributed by atoms with Gasteiger partial charge in [0.2, 0.25) is 9.84 Å². The second-order valence-corrected chi connectivity index (χ2v) is 7.59. The monoisotopic (exact) mass is 316 g/mol. The summed E-state index contributed by atoms with van der Waals surface area (Å²) in [7, 11) is -3.51. The normalized spacial score (nSPS) is 16.0. The maximum Gasteiger partial charge on any atom is 0.206 e. The van der Waals surface area contributed by atoms with Crippen molar-refractivity contribution in [3.63, 3.8) is 0 Å². The summed E-state index contributed by atoms with van der Waals surface area (Å²) in [5.41, 5.74) is 7.25. The maximum atomic E-state index is 12.9. The number of nitrogen functional groups attached to an aromatic ring is 1. The summed E-state index contributed by atoms with van der Waals surface area (Å²) in [4.78, 5) is 2.96. The predicted molar refractivity (Wildman–Crippen MR) is 87.3 cm³/mol. The first-order valence-corrected chi connectivity index (χ1v) is 8.96. The van der Waals surface area contributed by atoms with Gasteiger partial charge in [0.25, 0.3) is 0 Å². The molecular weight excluding hydrogens is 296 g/mol. The third kappa shape index (κ3) is 3.00. The van der Waals surface area contributed by atoms with E-state index in [1.165, 1.54) is 12.8 Å². The highest BCUT2D eigenvalue weighted by Gasteiger charge is 2.23. The first-order chi connectivity index (χ1) is 10.6. The Hall–Kier alpha value is -1.85. The van der Waals surface area contributed by atoms with Crippen molar-refractivity contribution in [3.05, 3.63) is 54.1 Å². The van der Waals surface area contributed by atoms with Gasteiger partial charge in [0, 0.05) is 12.2 Å². The van der Waals surface area contributed by atoms with E-state index < -0.39 is 9.84 Å². The molecule has 0 aromatic heterocycles. The van der Waals surface area contributed by atoms with Gasteiger partial charge in [-0.25, -0.2) is 8.42 Å². The number of anilines is 1. The van der Waals surface area contributed by atoms with Crippen LogP contribution in [0.4, 0.5) is 5.69 Å². The number of sulfone groups is 1. The van der Waals surface area contributed by atoms with Gasteiger partial charge in [-0.1, -0.05) is 18.2 Å². The van der Waals surface area contributed by atoms with Crippen molar-refractivity contribution in [1.82, 2.24) is 4.90 Å². The van der Waals surface area contributed by atoms with Crippen LogP contribution in [0.25, 0.3) is 0 Å². The molecule has 1 saturated heterocycles. The molecular formula is C17H20N2O2S. The third-order valence-corrected chi connectivity index (χ3v) is 5.89. The second kappa shape index (κ2) is 6.10. The largest absolute Gasteiger partial charge is 0.399 e. The quantitative estimate of drug-likeness (QED) is 0.881. The van der Waals surface area contributed by atoms with Gasteiger partial charge < -0.3 is 5.73 Å². The molecule has 0 radical (unpaired) electrons. The van der Waals surface area contributed by atoms with Crippen molar-refractivity contribution >= 4 is 15.5 Å². The molecule has 2 aromatic rings. The SMILES string of the molecule is Nc1ccc(S(=O)(=O)c2ccccc2)c(CN2CCCC2)c1. The lowest BCUT2D eigenvalue weighted by Gasteiger charge is -2.18. The molecule has 0 unspecified atom stereocenters. The third-order valence-electron chi connectivity index (χ3n) is 4.02. The number of nitrogens with two attached hydrogens (primary N) is 1. The Labute approximate surface area is 131 Å². The topological polar surface area (TPSA) is 63.4 Å². The molecule has 0 aliphatic carbocycles. The molecule has 4 nitrogen and oxygen atoms in total. The molecule has 0 spiro atoms. The molecule has 0 saturated carbocycles. The lowest BCUT2D eigenvalue weighted by atomic mass is 10.2. The van der Waals surface area contributed by atoms with E-state index in [1.807, 2.05) is 6.07 Å². The van der Waals surface area contributed by atoms with Crippen LogP contribution in [0.5, 0.6) is 0 Å². The highest BCUT2D eigenvalue weighted by Crippen LogP contribution is 2.27. The van der Waals surface area contributed by atoms with Crippen molar-refractivity contribution in [2.75, 3.05) is 18.8 Å². The van der Waals surface area contributed by atoms with Gasteiger partial charge in [-0.3, -0.25) is 4.90 Å². The number of benzene rings is 2. The van der Waals surface area contributed by atoms with Crippen molar-refractivity contribution in [3.8, 4) is 0 Å². The van der Waals surface area contributed by atoms with E-state index in [4.69, 9.17) is 5.73 Å². The fourth-order valence-corrected chi connectivity index (χ4v) is 4.38. The van der Waals surface area contributed by atoms with E-state index in [9.17, 15) is 8.42 Å². The summed E-state index contributed by atoms with van der Waals surface area (Å²) in [6.45, 7) is 2.66. The molecule has 1 aliphatic heterocycles. The zero-order chi connectivity index (χ0) is 15.6. The van der Waals surface area contributed by atoms with Gasteiger partial charge in [-0.15, -0.1) is 0 Å². The molecule has 5 heteroatoms. The number of rotatable bonds is 4. The highest BCUT2D eigenvalue weighted by molar-refractivity contribution is 7.91. The van der Waals surface area contributed by atoms with Crippen LogP contribution < -0.4 is 5.73 Å². The lowest BCUT2D eigenvalue weighted by Crippen LogP contribution is -2.20. The summed E-state index contributed by atoms with van der Waals surface area (Å²) >= 11 is 0. The van der Waals surface area contributed by atoms with Crippen LogP contribution in [0.1, 0.15) is 18.4 Å². The van der Waals surface area contributed by atoms with Crippen molar-refractivity contribution in [1.29, 1.82) is 0 Å². The average molecular weight is 316 g/mol. The molecule has 0 atom stereocenters. The molecule has 1 aliphatic rings. The molecule has 22 heavy (non-hydrogen) atoms. The summed E-state index contributed by atoms with van der Waals surface area (Å²) in [5.74, 6) is 0. The molecule has 2 N–H and O–H groups in total. The van der Waals surface area contributed by atoms with Crippen molar-refractivity contribution in [2.45, 2.75) is 29.2 Å². The van der Waals surface area contributed by atoms with Gasteiger partial charge in [0.15, 0.2) is 0 Å². The number of hydrogen-bond donors (Lipinski definition) is 1. The molecule has 0 amide bonds. The average Bonchev–Trinajstić information content (AvgIpc) is 3.01. The molecule has 1 heterocycles. The van der Waals surface area contributed by atoms with E-state index in [1.54, 1.807) is 42.5 Å². The summed E-state index contributed by atoms with van der Waals surface area (Å²) < 4.78 is 25.8. The van der Waals surface area contributed by atoms with E-state index in [2.05, 4.69) is 4.90 Å². The fourth-order valence-electron chi connectivity index (χ4n) is 2.89. The Morgan fingerprint density at radius 3 is 2.36 bits per heavy atom. The van der Waals surface area contributed by atoms with E-state index in [0.717, 1.165) is 18.7 Å². The summed E-state index contributed by atoms with van der Waals surface area (Å²) in [6, 6.07) is 13.6. The lowest BCUT2D eigenvalue weighted by molar-refractivity contribution is 0.328. The first kappa shape index (κ1) is 15.1.